The Morgan fingerprint density at radius 3 is 2.47 bits per heavy atom. The predicted molar refractivity (Wildman–Crippen MR) is 63.4 cm³/mol. The molecule has 0 bridgehead atoms. The van der Waals surface area contributed by atoms with E-state index in [9.17, 15) is 4.79 Å². The molecular formula is C11H17N3O3. The number of carbonyl (C=O) groups is 1. The van der Waals surface area contributed by atoms with E-state index in [-0.39, 0.29) is 25.7 Å². The van der Waals surface area contributed by atoms with Crippen LogP contribution < -0.4 is 10.6 Å². The van der Waals surface area contributed by atoms with Gasteiger partial charge in [-0.3, -0.25) is 15.1 Å². The van der Waals surface area contributed by atoms with Crippen molar-refractivity contribution in [3.8, 4) is 0 Å². The van der Waals surface area contributed by atoms with Crippen LogP contribution in [0.3, 0.4) is 0 Å². The highest BCUT2D eigenvalue weighted by Crippen LogP contribution is 2.03. The van der Waals surface area contributed by atoms with Crippen LogP contribution in [0, 0.1) is 0 Å². The summed E-state index contributed by atoms with van der Waals surface area (Å²) in [5.74, 6) is -0.246. The molecule has 4 N–H and O–H groups in total. The maximum absolute atomic E-state index is 11.5. The van der Waals surface area contributed by atoms with Crippen LogP contribution in [0.25, 0.3) is 0 Å². The number of nitrogens with one attached hydrogen (secondary N) is 2. The molecule has 1 aromatic heterocycles. The van der Waals surface area contributed by atoms with Crippen LogP contribution in [-0.2, 0) is 4.79 Å². The van der Waals surface area contributed by atoms with Crippen molar-refractivity contribution in [1.29, 1.82) is 0 Å². The Labute approximate surface area is 99.7 Å². The molecule has 0 radical (unpaired) electrons. The molecule has 0 saturated heterocycles. The maximum atomic E-state index is 11.5. The number of carbonyl (C=O) groups excluding carboxylic acids is 1. The van der Waals surface area contributed by atoms with Crippen molar-refractivity contribution < 1.29 is 15.0 Å². The molecule has 0 atom stereocenters. The lowest BCUT2D eigenvalue weighted by Crippen LogP contribution is -2.51. The Bertz CT molecular complexity index is 352. The van der Waals surface area contributed by atoms with Crippen molar-refractivity contribution in [1.82, 2.24) is 10.3 Å². The van der Waals surface area contributed by atoms with Gasteiger partial charge in [0.05, 0.1) is 25.3 Å². The molecule has 17 heavy (non-hydrogen) atoms. The minimum atomic E-state index is -0.852. The van der Waals surface area contributed by atoms with E-state index in [2.05, 4.69) is 15.6 Å². The fourth-order valence-corrected chi connectivity index (χ4v) is 1.10. The van der Waals surface area contributed by atoms with Crippen molar-refractivity contribution in [3.05, 3.63) is 24.5 Å². The Kier molecular flexibility index (Phi) is 5.02. The lowest BCUT2D eigenvalue weighted by atomic mass is 10.1. The quantitative estimate of drug-likeness (QED) is 0.529. The Morgan fingerprint density at radius 2 is 1.94 bits per heavy atom. The van der Waals surface area contributed by atoms with E-state index in [1.54, 1.807) is 31.5 Å². The zero-order chi connectivity index (χ0) is 12.7. The molecule has 0 aromatic carbocycles. The molecule has 0 spiro atoms. The van der Waals surface area contributed by atoms with Gasteiger partial charge in [-0.05, 0) is 19.1 Å². The zero-order valence-corrected chi connectivity index (χ0v) is 9.68. The molecule has 0 unspecified atom stereocenters. The van der Waals surface area contributed by atoms with Gasteiger partial charge in [-0.1, -0.05) is 0 Å². The zero-order valence-electron chi connectivity index (χ0n) is 9.68. The van der Waals surface area contributed by atoms with E-state index in [1.807, 2.05) is 0 Å². The van der Waals surface area contributed by atoms with Crippen molar-refractivity contribution >= 4 is 11.6 Å². The number of amides is 1. The summed E-state index contributed by atoms with van der Waals surface area (Å²) in [6.07, 6.45) is 3.16. The number of aliphatic hydroxyl groups excluding tert-OH is 2. The number of rotatable bonds is 6. The number of anilines is 1. The van der Waals surface area contributed by atoms with Crippen molar-refractivity contribution in [2.24, 2.45) is 0 Å². The first kappa shape index (κ1) is 13.6. The average molecular weight is 239 g/mol. The van der Waals surface area contributed by atoms with Gasteiger partial charge in [0.25, 0.3) is 0 Å². The summed E-state index contributed by atoms with van der Waals surface area (Å²) in [7, 11) is 0. The summed E-state index contributed by atoms with van der Waals surface area (Å²) >= 11 is 0. The van der Waals surface area contributed by atoms with Gasteiger partial charge in [-0.25, -0.2) is 0 Å². The lowest BCUT2D eigenvalue weighted by molar-refractivity contribution is -0.115. The first-order valence-corrected chi connectivity index (χ1v) is 5.26. The Balaban J connectivity index is 2.41. The molecule has 1 amide bonds. The summed E-state index contributed by atoms with van der Waals surface area (Å²) in [4.78, 5) is 15.4. The third kappa shape index (κ3) is 4.48. The molecular weight excluding hydrogens is 222 g/mol. The van der Waals surface area contributed by atoms with Gasteiger partial charge in [0, 0.05) is 18.1 Å². The second-order valence-corrected chi connectivity index (χ2v) is 4.01. The number of nitrogens with zero attached hydrogens (tertiary/aromatic N) is 1. The third-order valence-electron chi connectivity index (χ3n) is 2.34. The van der Waals surface area contributed by atoms with Gasteiger partial charge in [0.1, 0.15) is 0 Å². The molecule has 0 aliphatic heterocycles. The molecule has 0 aliphatic carbocycles. The molecule has 0 fully saturated rings. The number of pyridine rings is 1. The van der Waals surface area contributed by atoms with E-state index in [1.165, 1.54) is 0 Å². The number of hydrogen-bond acceptors (Lipinski definition) is 5. The molecule has 94 valence electrons. The molecule has 6 nitrogen and oxygen atoms in total. The summed E-state index contributed by atoms with van der Waals surface area (Å²) in [5, 5.41) is 23.5. The smallest absolute Gasteiger partial charge is 0.238 e. The maximum Gasteiger partial charge on any atom is 0.238 e. The largest absolute Gasteiger partial charge is 0.394 e. The minimum Gasteiger partial charge on any atom is -0.394 e. The molecule has 1 heterocycles. The summed E-state index contributed by atoms with van der Waals surface area (Å²) in [5.41, 5.74) is -0.197. The predicted octanol–water partition coefficient (Wildman–Crippen LogP) is -0.647. The molecule has 6 heteroatoms. The van der Waals surface area contributed by atoms with E-state index in [0.29, 0.717) is 5.69 Å². The molecule has 1 rings (SSSR count). The first-order valence-electron chi connectivity index (χ1n) is 5.26. The second-order valence-electron chi connectivity index (χ2n) is 4.01. The van der Waals surface area contributed by atoms with Crippen LogP contribution in [0.4, 0.5) is 5.69 Å². The monoisotopic (exact) mass is 239 g/mol. The SMILES string of the molecule is CC(CO)(CO)NCC(=O)Nc1ccncc1. The van der Waals surface area contributed by atoms with Crippen LogP contribution in [0.2, 0.25) is 0 Å². The third-order valence-corrected chi connectivity index (χ3v) is 2.34. The Hall–Kier alpha value is -1.50. The van der Waals surface area contributed by atoms with Crippen molar-refractivity contribution in [2.75, 3.05) is 25.1 Å². The topological polar surface area (TPSA) is 94.5 Å². The van der Waals surface area contributed by atoms with Gasteiger partial charge in [-0.15, -0.1) is 0 Å². The number of aromatic nitrogens is 1. The van der Waals surface area contributed by atoms with Gasteiger partial charge in [-0.2, -0.15) is 0 Å². The standard InChI is InChI=1S/C11H17N3O3/c1-11(7-15,8-16)13-6-10(17)14-9-2-4-12-5-3-9/h2-5,13,15-16H,6-8H2,1H3,(H,12,14,17). The highest BCUT2D eigenvalue weighted by Gasteiger charge is 2.22. The van der Waals surface area contributed by atoms with Crippen molar-refractivity contribution in [3.63, 3.8) is 0 Å². The van der Waals surface area contributed by atoms with Crippen molar-refractivity contribution in [2.45, 2.75) is 12.5 Å². The van der Waals surface area contributed by atoms with Crippen LogP contribution in [0.15, 0.2) is 24.5 Å². The first-order chi connectivity index (χ1) is 8.09. The van der Waals surface area contributed by atoms with E-state index in [4.69, 9.17) is 10.2 Å². The highest BCUT2D eigenvalue weighted by atomic mass is 16.3. The van der Waals surface area contributed by atoms with E-state index in [0.717, 1.165) is 0 Å². The molecule has 0 saturated carbocycles. The molecule has 0 aliphatic rings. The van der Waals surface area contributed by atoms with Crippen LogP contribution in [0.5, 0.6) is 0 Å². The van der Waals surface area contributed by atoms with E-state index < -0.39 is 5.54 Å². The highest BCUT2D eigenvalue weighted by molar-refractivity contribution is 5.92. The van der Waals surface area contributed by atoms with Gasteiger partial charge < -0.3 is 15.5 Å². The Morgan fingerprint density at radius 1 is 1.35 bits per heavy atom. The fraction of sp³-hybridized carbons (Fsp3) is 0.455. The summed E-state index contributed by atoms with van der Waals surface area (Å²) < 4.78 is 0. The van der Waals surface area contributed by atoms with Gasteiger partial charge in [0.15, 0.2) is 0 Å². The van der Waals surface area contributed by atoms with Gasteiger partial charge in [0.2, 0.25) is 5.91 Å². The number of hydrogen-bond donors (Lipinski definition) is 4. The van der Waals surface area contributed by atoms with Crippen LogP contribution in [0.1, 0.15) is 6.92 Å². The number of aliphatic hydroxyl groups is 2. The second kappa shape index (κ2) is 6.29. The van der Waals surface area contributed by atoms with Crippen LogP contribution >= 0.6 is 0 Å². The van der Waals surface area contributed by atoms with Gasteiger partial charge >= 0.3 is 0 Å². The van der Waals surface area contributed by atoms with E-state index >= 15 is 0 Å². The normalized spacial score (nSPS) is 11.2. The molecule has 1 aromatic rings. The fourth-order valence-electron chi connectivity index (χ4n) is 1.10. The summed E-state index contributed by atoms with van der Waals surface area (Å²) in [6.45, 7) is 1.16. The lowest BCUT2D eigenvalue weighted by Gasteiger charge is -2.25. The van der Waals surface area contributed by atoms with Crippen LogP contribution in [-0.4, -0.2) is 46.4 Å². The minimum absolute atomic E-state index is 0.0138. The average Bonchev–Trinajstić information content (AvgIpc) is 2.37. The summed E-state index contributed by atoms with van der Waals surface area (Å²) in [6, 6.07) is 3.35.